The molecule has 15 nitrogen and oxygen atoms in total. The third-order valence-corrected chi connectivity index (χ3v) is 11.6. The standard InChI is InChI=1S/C22H26N2O4.C18H17F3N2O7S/c25-22-23-21(28-14-18-13-26-9-10-27-18)12-20-19-6-5-16(4-3-15-1-2-15)11-17(19)7-8-24(20)22;19-18(20,21)31(25,26)30-12-1-2-14-11(7-12)3-4-23-15(14)8-16(22-17(23)24)29-10-13-9-27-5-6-28-13/h5-6,11-12,15,18H,1-4,7-10,13-14H2;1-2,7-8,13H,3-6,9-10H2/t18-;13-/m00/s1. The number of alkyl halides is 3. The Hall–Kier alpha value is -4.82. The van der Waals surface area contributed by atoms with Crippen molar-refractivity contribution in [2.45, 2.75) is 69.3 Å². The van der Waals surface area contributed by atoms with E-state index in [0.29, 0.717) is 75.5 Å². The Kier molecular flexibility index (Phi) is 12.1. The van der Waals surface area contributed by atoms with Crippen LogP contribution in [0.2, 0.25) is 0 Å². The van der Waals surface area contributed by atoms with Crippen molar-refractivity contribution in [3.63, 3.8) is 0 Å². The van der Waals surface area contributed by atoms with E-state index < -0.39 is 27.1 Å². The molecule has 0 spiro atoms. The second-order valence-corrected chi connectivity index (χ2v) is 16.4. The van der Waals surface area contributed by atoms with Crippen LogP contribution in [0.4, 0.5) is 13.2 Å². The molecule has 2 aromatic heterocycles. The number of rotatable bonds is 11. The van der Waals surface area contributed by atoms with Gasteiger partial charge in [0.2, 0.25) is 11.8 Å². The number of ether oxygens (including phenoxy) is 6. The fourth-order valence-corrected chi connectivity index (χ4v) is 7.82. The number of nitrogens with zero attached hydrogens (tertiary/aromatic N) is 4. The summed E-state index contributed by atoms with van der Waals surface area (Å²) >= 11 is 0. The summed E-state index contributed by atoms with van der Waals surface area (Å²) < 4.78 is 101. The Morgan fingerprint density at radius 3 is 1.78 bits per heavy atom. The fourth-order valence-electron chi connectivity index (χ4n) is 7.37. The van der Waals surface area contributed by atoms with Crippen molar-refractivity contribution in [1.82, 2.24) is 19.1 Å². The van der Waals surface area contributed by atoms with E-state index in [2.05, 4.69) is 32.4 Å². The molecule has 5 aliphatic rings. The normalized spacial score (nSPS) is 19.8. The molecular weight excluding hydrogens is 802 g/mol. The van der Waals surface area contributed by atoms with Crippen molar-refractivity contribution in [3.8, 4) is 40.0 Å². The van der Waals surface area contributed by atoms with Gasteiger partial charge in [-0.25, -0.2) is 9.59 Å². The Morgan fingerprint density at radius 2 is 1.27 bits per heavy atom. The number of aryl methyl sites for hydroxylation is 3. The van der Waals surface area contributed by atoms with E-state index >= 15 is 0 Å². The average Bonchev–Trinajstić information content (AvgIpc) is 4.06. The van der Waals surface area contributed by atoms with Gasteiger partial charge in [0, 0.05) is 36.3 Å². The number of benzene rings is 2. The molecule has 6 heterocycles. The predicted octanol–water partition coefficient (Wildman–Crippen LogP) is 4.09. The molecule has 59 heavy (non-hydrogen) atoms. The lowest BCUT2D eigenvalue weighted by molar-refractivity contribution is -0.102. The largest absolute Gasteiger partial charge is 0.534 e. The molecule has 4 aliphatic heterocycles. The minimum absolute atomic E-state index is 0.0678. The molecule has 3 fully saturated rings. The van der Waals surface area contributed by atoms with Crippen molar-refractivity contribution in [1.29, 1.82) is 0 Å². The van der Waals surface area contributed by atoms with Gasteiger partial charge in [0.25, 0.3) is 0 Å². The SMILES string of the molecule is O=c1nc(OC[C@@H]2COCCO2)cc2n1CCc1cc(CCC3CC3)ccc1-2.O=c1nc(OC[C@@H]2COCCO2)cc2n1CCc1cc(OS(=O)(=O)C(F)(F)F)ccc1-2. The van der Waals surface area contributed by atoms with Gasteiger partial charge in [-0.3, -0.25) is 9.13 Å². The molecule has 0 radical (unpaired) electrons. The molecule has 2 saturated heterocycles. The van der Waals surface area contributed by atoms with Crippen LogP contribution >= 0.6 is 0 Å². The van der Waals surface area contributed by atoms with Crippen LogP contribution in [-0.2, 0) is 61.4 Å². The lowest BCUT2D eigenvalue weighted by atomic mass is 9.94. The van der Waals surface area contributed by atoms with E-state index in [9.17, 15) is 31.2 Å². The highest BCUT2D eigenvalue weighted by molar-refractivity contribution is 7.88. The second-order valence-electron chi connectivity index (χ2n) is 14.9. The first-order valence-corrected chi connectivity index (χ1v) is 21.0. The van der Waals surface area contributed by atoms with Crippen LogP contribution in [0.3, 0.4) is 0 Å². The van der Waals surface area contributed by atoms with Crippen LogP contribution in [0.25, 0.3) is 22.5 Å². The molecule has 4 aromatic rings. The first-order chi connectivity index (χ1) is 28.4. The third kappa shape index (κ3) is 9.81. The molecule has 0 N–H and O–H groups in total. The van der Waals surface area contributed by atoms with E-state index in [0.717, 1.165) is 36.1 Å². The van der Waals surface area contributed by atoms with Crippen LogP contribution in [-0.4, -0.2) is 98.1 Å². The van der Waals surface area contributed by atoms with Crippen molar-refractivity contribution >= 4 is 10.1 Å². The van der Waals surface area contributed by atoms with Gasteiger partial charge in [-0.05, 0) is 66.5 Å². The molecule has 1 saturated carbocycles. The highest BCUT2D eigenvalue weighted by atomic mass is 32.2. The summed E-state index contributed by atoms with van der Waals surface area (Å²) in [7, 11) is -5.78. The summed E-state index contributed by atoms with van der Waals surface area (Å²) in [5, 5.41) is 0. The number of hydrogen-bond donors (Lipinski definition) is 0. The predicted molar refractivity (Wildman–Crippen MR) is 204 cm³/mol. The molecule has 2 aromatic carbocycles. The summed E-state index contributed by atoms with van der Waals surface area (Å²) in [6.45, 7) is 4.35. The summed E-state index contributed by atoms with van der Waals surface area (Å²) in [4.78, 5) is 32.9. The smallest absolute Gasteiger partial charge is 0.475 e. The Bertz CT molecular complexity index is 2390. The van der Waals surface area contributed by atoms with Gasteiger partial charge >= 0.3 is 27.0 Å². The molecule has 0 unspecified atom stereocenters. The second kappa shape index (κ2) is 17.4. The number of hydrogen-bond acceptors (Lipinski definition) is 13. The van der Waals surface area contributed by atoms with Gasteiger partial charge in [-0.15, -0.1) is 0 Å². The molecule has 0 bridgehead atoms. The number of aromatic nitrogens is 4. The number of fused-ring (bicyclic) bond motifs is 6. The molecule has 9 rings (SSSR count). The minimum atomic E-state index is -5.78. The van der Waals surface area contributed by atoms with Gasteiger partial charge < -0.3 is 32.6 Å². The van der Waals surface area contributed by atoms with Gasteiger partial charge in [0.15, 0.2) is 0 Å². The van der Waals surface area contributed by atoms with E-state index in [1.807, 2.05) is 6.07 Å². The van der Waals surface area contributed by atoms with E-state index in [4.69, 9.17) is 28.4 Å². The van der Waals surface area contributed by atoms with Gasteiger partial charge in [-0.1, -0.05) is 31.0 Å². The van der Waals surface area contributed by atoms with Crippen LogP contribution < -0.4 is 25.0 Å². The van der Waals surface area contributed by atoms with Gasteiger partial charge in [-0.2, -0.15) is 31.6 Å². The summed E-state index contributed by atoms with van der Waals surface area (Å²) in [5.74, 6) is 0.904. The first kappa shape index (κ1) is 40.9. The average molecular weight is 845 g/mol. The zero-order valence-electron chi connectivity index (χ0n) is 32.0. The van der Waals surface area contributed by atoms with Crippen molar-refractivity contribution in [2.24, 2.45) is 5.92 Å². The monoisotopic (exact) mass is 844 g/mol. The molecule has 1 aliphatic carbocycles. The maximum absolute atomic E-state index is 12.6. The topological polar surface area (TPSA) is 169 Å². The number of halogens is 3. The zero-order valence-corrected chi connectivity index (χ0v) is 32.8. The molecule has 0 amide bonds. The lowest BCUT2D eigenvalue weighted by Gasteiger charge is -2.24. The van der Waals surface area contributed by atoms with Gasteiger partial charge in [0.05, 0.1) is 51.0 Å². The van der Waals surface area contributed by atoms with Crippen LogP contribution in [0.5, 0.6) is 17.5 Å². The van der Waals surface area contributed by atoms with E-state index in [-0.39, 0.29) is 43.4 Å². The van der Waals surface area contributed by atoms with E-state index in [1.54, 1.807) is 4.57 Å². The highest BCUT2D eigenvalue weighted by Gasteiger charge is 2.48. The minimum Gasteiger partial charge on any atom is -0.475 e. The Balaban J connectivity index is 0.000000165. The summed E-state index contributed by atoms with van der Waals surface area (Å²) in [5.41, 5.74) is -0.101. The Morgan fingerprint density at radius 1 is 0.729 bits per heavy atom. The fraction of sp³-hybridized carbons (Fsp3) is 0.500. The van der Waals surface area contributed by atoms with Crippen LogP contribution in [0, 0.1) is 5.92 Å². The zero-order chi connectivity index (χ0) is 41.1. The van der Waals surface area contributed by atoms with Crippen LogP contribution in [0.15, 0.2) is 58.1 Å². The highest BCUT2D eigenvalue weighted by Crippen LogP contribution is 2.36. The molecule has 316 valence electrons. The Labute approximate surface area is 337 Å². The third-order valence-electron chi connectivity index (χ3n) is 10.6. The van der Waals surface area contributed by atoms with Crippen molar-refractivity contribution in [3.05, 3.63) is 86.2 Å². The lowest BCUT2D eigenvalue weighted by Crippen LogP contribution is -2.34. The van der Waals surface area contributed by atoms with Crippen molar-refractivity contribution < 1.29 is 54.2 Å². The molecule has 2 atom stereocenters. The first-order valence-electron chi connectivity index (χ1n) is 19.5. The van der Waals surface area contributed by atoms with Crippen LogP contribution in [0.1, 0.15) is 36.0 Å². The van der Waals surface area contributed by atoms with Crippen molar-refractivity contribution in [2.75, 3.05) is 52.9 Å². The molecule has 19 heteroatoms. The summed E-state index contributed by atoms with van der Waals surface area (Å²) in [6, 6.07) is 13.8. The van der Waals surface area contributed by atoms with Gasteiger partial charge in [0.1, 0.15) is 31.2 Å². The molecular formula is C40H43F3N4O11S. The van der Waals surface area contributed by atoms with E-state index in [1.165, 1.54) is 53.2 Å². The summed E-state index contributed by atoms with van der Waals surface area (Å²) in [6.07, 6.45) is 5.98. The maximum Gasteiger partial charge on any atom is 0.534 e. The maximum atomic E-state index is 12.6. The quantitative estimate of drug-likeness (QED) is 0.157.